The largest absolute Gasteiger partial charge is 0.371 e. The van der Waals surface area contributed by atoms with Crippen molar-refractivity contribution >= 4 is 28.3 Å². The predicted octanol–water partition coefficient (Wildman–Crippen LogP) is 5.65. The third-order valence-electron chi connectivity index (χ3n) is 5.47. The Hall–Kier alpha value is -1.44. The average Bonchev–Trinajstić information content (AvgIpc) is 2.79. The molecule has 4 atom stereocenters. The van der Waals surface area contributed by atoms with E-state index in [1.807, 2.05) is 36.4 Å². The van der Waals surface area contributed by atoms with E-state index in [1.165, 1.54) is 0 Å². The summed E-state index contributed by atoms with van der Waals surface area (Å²) in [5, 5.41) is 0. The van der Waals surface area contributed by atoms with Crippen LogP contribution in [0.5, 0.6) is 0 Å². The van der Waals surface area contributed by atoms with Crippen molar-refractivity contribution in [1.82, 2.24) is 4.90 Å². The van der Waals surface area contributed by atoms with Crippen LogP contribution in [0, 0.1) is 0 Å². The first-order valence-corrected chi connectivity index (χ1v) is 12.3. The van der Waals surface area contributed by atoms with Crippen LogP contribution in [0.2, 0.25) is 0 Å². The molecule has 1 aliphatic rings. The molecule has 0 radical (unpaired) electrons. The lowest BCUT2D eigenvalue weighted by Crippen LogP contribution is -2.49. The first-order chi connectivity index (χ1) is 15.1. The zero-order valence-corrected chi connectivity index (χ0v) is 20.2. The molecule has 1 aliphatic heterocycles. The summed E-state index contributed by atoms with van der Waals surface area (Å²) >= 11 is 7.28. The van der Waals surface area contributed by atoms with E-state index in [9.17, 15) is 0 Å². The van der Waals surface area contributed by atoms with Gasteiger partial charge in [-0.2, -0.15) is 0 Å². The van der Waals surface area contributed by atoms with Crippen LogP contribution in [0.4, 0.5) is 0 Å². The lowest BCUT2D eigenvalue weighted by molar-refractivity contribution is -0.185. The van der Waals surface area contributed by atoms with Crippen molar-refractivity contribution in [1.29, 1.82) is 0 Å². The lowest BCUT2D eigenvalue weighted by Gasteiger charge is -2.40. The second kappa shape index (κ2) is 12.6. The molecule has 0 aromatic heterocycles. The molecule has 1 heterocycles. The molecule has 0 amide bonds. The molecule has 1 fully saturated rings. The zero-order chi connectivity index (χ0) is 22.1. The number of thioether (sulfide) groups is 1. The Morgan fingerprint density at radius 2 is 1.52 bits per heavy atom. The number of rotatable bonds is 9. The number of nitrogens with zero attached hydrogens (tertiary/aromatic N) is 1. The average molecular weight is 460 g/mol. The molecule has 0 N–H and O–H groups in total. The number of hydrogen-bond acceptors (Lipinski definition) is 5. The Balaban J connectivity index is 1.66. The van der Waals surface area contributed by atoms with Crippen LogP contribution in [0.3, 0.4) is 0 Å². The van der Waals surface area contributed by atoms with Crippen LogP contribution < -0.4 is 0 Å². The minimum absolute atomic E-state index is 0.0413. The third kappa shape index (κ3) is 7.29. The van der Waals surface area contributed by atoms with Gasteiger partial charge in [-0.05, 0) is 31.9 Å². The third-order valence-corrected chi connectivity index (χ3v) is 7.04. The summed E-state index contributed by atoms with van der Waals surface area (Å²) in [7, 11) is 0. The zero-order valence-electron chi connectivity index (χ0n) is 18.6. The van der Waals surface area contributed by atoms with Gasteiger partial charge in [0, 0.05) is 19.5 Å². The molecule has 3 rings (SSSR count). The van der Waals surface area contributed by atoms with Gasteiger partial charge in [0.15, 0.2) is 0 Å². The van der Waals surface area contributed by atoms with Gasteiger partial charge in [-0.3, -0.25) is 0 Å². The molecular formula is C25H33NO3S2. The maximum atomic E-state index is 6.39. The predicted molar refractivity (Wildman–Crippen MR) is 132 cm³/mol. The maximum Gasteiger partial charge on any atom is 0.138 e. The van der Waals surface area contributed by atoms with E-state index in [-0.39, 0.29) is 23.7 Å². The van der Waals surface area contributed by atoms with Gasteiger partial charge in [-0.25, -0.2) is 0 Å². The van der Waals surface area contributed by atoms with E-state index in [0.29, 0.717) is 13.2 Å². The van der Waals surface area contributed by atoms with Crippen molar-refractivity contribution in [3.8, 4) is 0 Å². The van der Waals surface area contributed by atoms with Crippen LogP contribution in [0.15, 0.2) is 60.7 Å². The molecule has 1 saturated heterocycles. The van der Waals surface area contributed by atoms with E-state index in [4.69, 9.17) is 26.4 Å². The van der Waals surface area contributed by atoms with Crippen molar-refractivity contribution in [3.63, 3.8) is 0 Å². The molecule has 6 heteroatoms. The quantitative estimate of drug-likeness (QED) is 0.450. The van der Waals surface area contributed by atoms with Crippen molar-refractivity contribution in [2.75, 3.05) is 13.1 Å². The summed E-state index contributed by atoms with van der Waals surface area (Å²) < 4.78 is 19.9. The summed E-state index contributed by atoms with van der Waals surface area (Å²) in [6.45, 7) is 9.23. The highest BCUT2D eigenvalue weighted by Gasteiger charge is 2.39. The van der Waals surface area contributed by atoms with E-state index in [2.05, 4.69) is 49.9 Å². The van der Waals surface area contributed by atoms with Gasteiger partial charge in [0.25, 0.3) is 0 Å². The van der Waals surface area contributed by atoms with Gasteiger partial charge in [0.2, 0.25) is 0 Å². The molecule has 0 saturated carbocycles. The van der Waals surface area contributed by atoms with Crippen LogP contribution in [-0.2, 0) is 27.4 Å². The molecule has 2 aromatic rings. The minimum atomic E-state index is -0.136. The first kappa shape index (κ1) is 24.2. The fourth-order valence-electron chi connectivity index (χ4n) is 3.69. The highest BCUT2D eigenvalue weighted by molar-refractivity contribution is 8.23. The maximum absolute atomic E-state index is 6.39. The summed E-state index contributed by atoms with van der Waals surface area (Å²) in [5.74, 6) is 0. The normalized spacial score (nSPS) is 23.5. The standard InChI is InChI=1S/C25H33NO3S2/c1-4-26(5-2)25(30)31-23-16-22(27-17-20-12-8-6-9-13-20)24(19(3)29-23)28-18-21-14-10-7-11-15-21/h6-15,19,22-24H,4-5,16-18H2,1-3H3/t19-,22-,23?,24-/m0/s1. The van der Waals surface area contributed by atoms with Crippen LogP contribution in [-0.4, -0.2) is 46.1 Å². The summed E-state index contributed by atoms with van der Waals surface area (Å²) in [5.41, 5.74) is 2.27. The van der Waals surface area contributed by atoms with Gasteiger partial charge in [-0.1, -0.05) is 84.6 Å². The molecule has 0 bridgehead atoms. The van der Waals surface area contributed by atoms with Gasteiger partial charge < -0.3 is 19.1 Å². The fraction of sp³-hybridized carbons (Fsp3) is 0.480. The van der Waals surface area contributed by atoms with E-state index in [0.717, 1.165) is 35.0 Å². The molecule has 0 spiro atoms. The molecule has 31 heavy (non-hydrogen) atoms. The van der Waals surface area contributed by atoms with Gasteiger partial charge in [0.1, 0.15) is 15.9 Å². The highest BCUT2D eigenvalue weighted by atomic mass is 32.2. The second-order valence-corrected chi connectivity index (χ2v) is 9.45. The number of benzene rings is 2. The number of ether oxygens (including phenoxy) is 3. The van der Waals surface area contributed by atoms with Crippen molar-refractivity contribution in [3.05, 3.63) is 71.8 Å². The molecule has 4 nitrogen and oxygen atoms in total. The van der Waals surface area contributed by atoms with E-state index < -0.39 is 0 Å². The number of thiocarbonyl (C=S) groups is 1. The van der Waals surface area contributed by atoms with E-state index >= 15 is 0 Å². The Labute approximate surface area is 196 Å². The summed E-state index contributed by atoms with van der Waals surface area (Å²) in [6, 6.07) is 20.5. The van der Waals surface area contributed by atoms with Crippen LogP contribution >= 0.6 is 24.0 Å². The minimum Gasteiger partial charge on any atom is -0.371 e. The smallest absolute Gasteiger partial charge is 0.138 e. The first-order valence-electron chi connectivity index (χ1n) is 11.0. The molecule has 1 unspecified atom stereocenters. The number of hydrogen-bond donors (Lipinski definition) is 0. The van der Waals surface area contributed by atoms with Crippen molar-refractivity contribution in [2.45, 2.75) is 64.2 Å². The SMILES string of the molecule is CCN(CC)C(=S)SC1C[C@H](OCc2ccccc2)[C@@H](OCc2ccccc2)[C@H](C)O1. The Kier molecular flexibility index (Phi) is 9.81. The summed E-state index contributed by atoms with van der Waals surface area (Å²) in [4.78, 5) is 2.19. The molecular weight excluding hydrogens is 426 g/mol. The highest BCUT2D eigenvalue weighted by Crippen LogP contribution is 2.33. The van der Waals surface area contributed by atoms with Crippen molar-refractivity contribution < 1.29 is 14.2 Å². The summed E-state index contributed by atoms with van der Waals surface area (Å²) in [6.07, 6.45) is 0.450. The monoisotopic (exact) mass is 459 g/mol. The Morgan fingerprint density at radius 1 is 0.968 bits per heavy atom. The molecule has 168 valence electrons. The van der Waals surface area contributed by atoms with Gasteiger partial charge >= 0.3 is 0 Å². The van der Waals surface area contributed by atoms with Crippen LogP contribution in [0.25, 0.3) is 0 Å². The molecule has 2 aromatic carbocycles. The Bertz CT molecular complexity index is 786. The lowest BCUT2D eigenvalue weighted by atomic mass is 10.0. The second-order valence-electron chi connectivity index (χ2n) is 7.66. The van der Waals surface area contributed by atoms with Gasteiger partial charge in [0.05, 0.1) is 25.4 Å². The van der Waals surface area contributed by atoms with Gasteiger partial charge in [-0.15, -0.1) is 0 Å². The Morgan fingerprint density at radius 3 is 2.06 bits per heavy atom. The van der Waals surface area contributed by atoms with E-state index in [1.54, 1.807) is 11.8 Å². The fourth-order valence-corrected chi connectivity index (χ4v) is 5.42. The molecule has 0 aliphatic carbocycles. The topological polar surface area (TPSA) is 30.9 Å². The van der Waals surface area contributed by atoms with Crippen molar-refractivity contribution in [2.24, 2.45) is 0 Å². The van der Waals surface area contributed by atoms with Crippen LogP contribution in [0.1, 0.15) is 38.3 Å².